The second-order valence-electron chi connectivity index (χ2n) is 5.48. The van der Waals surface area contributed by atoms with E-state index in [1.807, 2.05) is 12.1 Å². The molecule has 1 heterocycles. The van der Waals surface area contributed by atoms with E-state index in [0.29, 0.717) is 32.0 Å². The topological polar surface area (TPSA) is 67.9 Å². The fourth-order valence-electron chi connectivity index (χ4n) is 2.39. The normalized spacial score (nSPS) is 17.8. The quantitative estimate of drug-likeness (QED) is 0.665. The van der Waals surface area contributed by atoms with Crippen LogP contribution in [0.5, 0.6) is 0 Å². The Hall–Kier alpha value is -2.34. The minimum atomic E-state index is -0.368. The Balaban J connectivity index is 1.89. The van der Waals surface area contributed by atoms with Gasteiger partial charge in [-0.3, -0.25) is 0 Å². The number of nitrogens with one attached hydrogen (secondary N) is 1. The maximum atomic E-state index is 12.3. The Labute approximate surface area is 142 Å². The first-order valence-corrected chi connectivity index (χ1v) is 8.24. The molecule has 6 nitrogen and oxygen atoms in total. The molecule has 1 aliphatic rings. The van der Waals surface area contributed by atoms with Crippen LogP contribution in [0.1, 0.15) is 25.8 Å². The molecule has 0 aromatic heterocycles. The lowest BCUT2D eigenvalue weighted by Gasteiger charge is -2.32. The zero-order valence-electron chi connectivity index (χ0n) is 14.2. The summed E-state index contributed by atoms with van der Waals surface area (Å²) in [5.41, 5.74) is 1.58. The summed E-state index contributed by atoms with van der Waals surface area (Å²) >= 11 is 0. The van der Waals surface area contributed by atoms with E-state index >= 15 is 0 Å². The fourth-order valence-corrected chi connectivity index (χ4v) is 2.39. The van der Waals surface area contributed by atoms with Gasteiger partial charge < -0.3 is 19.7 Å². The molecule has 1 saturated heterocycles. The van der Waals surface area contributed by atoms with Crippen molar-refractivity contribution < 1.29 is 19.1 Å². The number of urea groups is 1. The van der Waals surface area contributed by atoms with Gasteiger partial charge in [0.05, 0.1) is 19.3 Å². The predicted octanol–water partition coefficient (Wildman–Crippen LogP) is 2.91. The van der Waals surface area contributed by atoms with Gasteiger partial charge in [0.2, 0.25) is 0 Å². The molecule has 0 radical (unpaired) electrons. The van der Waals surface area contributed by atoms with Crippen LogP contribution in [0.2, 0.25) is 0 Å². The number of morpholine rings is 1. The smallest absolute Gasteiger partial charge is 0.330 e. The lowest BCUT2D eigenvalue weighted by molar-refractivity contribution is -0.137. The molecule has 1 aliphatic heterocycles. The largest absolute Gasteiger partial charge is 0.463 e. The maximum absolute atomic E-state index is 12.3. The van der Waals surface area contributed by atoms with Crippen molar-refractivity contribution in [1.82, 2.24) is 4.90 Å². The number of carbonyl (C=O) groups excluding carboxylic acids is 2. The molecule has 2 rings (SSSR count). The fraction of sp³-hybridized carbons (Fsp3) is 0.444. The highest BCUT2D eigenvalue weighted by Crippen LogP contribution is 2.14. The second kappa shape index (κ2) is 9.08. The van der Waals surface area contributed by atoms with E-state index < -0.39 is 0 Å². The number of amides is 2. The van der Waals surface area contributed by atoms with Crippen molar-refractivity contribution in [2.24, 2.45) is 0 Å². The molecule has 130 valence electrons. The zero-order valence-corrected chi connectivity index (χ0v) is 14.2. The average Bonchev–Trinajstić information content (AvgIpc) is 2.61. The van der Waals surface area contributed by atoms with Gasteiger partial charge >= 0.3 is 12.0 Å². The monoisotopic (exact) mass is 332 g/mol. The third-order valence-corrected chi connectivity index (χ3v) is 3.74. The van der Waals surface area contributed by atoms with Gasteiger partial charge in [-0.15, -0.1) is 0 Å². The maximum Gasteiger partial charge on any atom is 0.330 e. The second-order valence-corrected chi connectivity index (χ2v) is 5.48. The van der Waals surface area contributed by atoms with Crippen LogP contribution in [0, 0.1) is 0 Å². The Kier molecular flexibility index (Phi) is 6.81. The van der Waals surface area contributed by atoms with Crippen molar-refractivity contribution in [2.75, 3.05) is 31.6 Å². The van der Waals surface area contributed by atoms with Gasteiger partial charge in [0.25, 0.3) is 0 Å². The molecule has 1 N–H and O–H groups in total. The highest BCUT2D eigenvalue weighted by Gasteiger charge is 2.22. The molecule has 24 heavy (non-hydrogen) atoms. The van der Waals surface area contributed by atoms with E-state index in [1.54, 1.807) is 30.0 Å². The minimum Gasteiger partial charge on any atom is -0.463 e. The number of ether oxygens (including phenoxy) is 2. The van der Waals surface area contributed by atoms with Crippen molar-refractivity contribution in [3.63, 3.8) is 0 Å². The van der Waals surface area contributed by atoms with Crippen molar-refractivity contribution in [1.29, 1.82) is 0 Å². The number of esters is 1. The van der Waals surface area contributed by atoms with E-state index in [1.165, 1.54) is 6.08 Å². The lowest BCUT2D eigenvalue weighted by Crippen LogP contribution is -2.47. The van der Waals surface area contributed by atoms with E-state index in [9.17, 15) is 9.59 Å². The van der Waals surface area contributed by atoms with E-state index in [-0.39, 0.29) is 18.1 Å². The van der Waals surface area contributed by atoms with Crippen molar-refractivity contribution in [2.45, 2.75) is 26.4 Å². The molecule has 1 aromatic rings. The molecule has 1 atom stereocenters. The summed E-state index contributed by atoms with van der Waals surface area (Å²) in [5, 5.41) is 2.88. The van der Waals surface area contributed by atoms with E-state index in [0.717, 1.165) is 12.0 Å². The Bertz CT molecular complexity index is 583. The summed E-state index contributed by atoms with van der Waals surface area (Å²) in [6.07, 6.45) is 4.07. The third-order valence-electron chi connectivity index (χ3n) is 3.74. The Morgan fingerprint density at radius 1 is 1.33 bits per heavy atom. The first-order valence-electron chi connectivity index (χ1n) is 8.24. The van der Waals surface area contributed by atoms with Crippen molar-refractivity contribution in [3.05, 3.63) is 35.9 Å². The number of hydrogen-bond donors (Lipinski definition) is 1. The average molecular weight is 332 g/mol. The SMILES string of the molecule is CCOC(=O)C=Cc1ccc(NC(=O)N2CCOC(CC)C2)cc1. The number of hydrogen-bond acceptors (Lipinski definition) is 4. The number of anilines is 1. The molecule has 0 saturated carbocycles. The summed E-state index contributed by atoms with van der Waals surface area (Å²) in [6.45, 7) is 5.96. The van der Waals surface area contributed by atoms with Gasteiger partial charge in [0.15, 0.2) is 0 Å². The Morgan fingerprint density at radius 3 is 2.75 bits per heavy atom. The number of carbonyl (C=O) groups is 2. The van der Waals surface area contributed by atoms with Gasteiger partial charge in [-0.1, -0.05) is 19.1 Å². The van der Waals surface area contributed by atoms with Gasteiger partial charge in [0.1, 0.15) is 0 Å². The standard InChI is InChI=1S/C18H24N2O4/c1-3-16-13-20(11-12-24-16)18(22)19-15-8-5-14(6-9-15)7-10-17(21)23-4-2/h5-10,16H,3-4,11-13H2,1-2H3,(H,19,22). The van der Waals surface area contributed by atoms with Crippen LogP contribution >= 0.6 is 0 Å². The molecule has 6 heteroatoms. The van der Waals surface area contributed by atoms with E-state index in [4.69, 9.17) is 9.47 Å². The summed E-state index contributed by atoms with van der Waals surface area (Å²) in [5.74, 6) is -0.368. The van der Waals surface area contributed by atoms with Gasteiger partial charge in [0, 0.05) is 24.9 Å². The van der Waals surface area contributed by atoms with E-state index in [2.05, 4.69) is 12.2 Å². The first kappa shape index (κ1) is 18.0. The van der Waals surface area contributed by atoms with Crippen molar-refractivity contribution in [3.8, 4) is 0 Å². The first-order chi connectivity index (χ1) is 11.6. The lowest BCUT2D eigenvalue weighted by atomic mass is 10.2. The number of benzene rings is 1. The molecule has 1 unspecified atom stereocenters. The van der Waals surface area contributed by atoms with Crippen LogP contribution in [0.25, 0.3) is 6.08 Å². The van der Waals surface area contributed by atoms with Crippen molar-refractivity contribution >= 4 is 23.8 Å². The van der Waals surface area contributed by atoms with Crippen LogP contribution in [0.3, 0.4) is 0 Å². The molecule has 1 fully saturated rings. The van der Waals surface area contributed by atoms with Crippen LogP contribution in [-0.4, -0.2) is 49.3 Å². The molecule has 0 spiro atoms. The number of nitrogens with zero attached hydrogens (tertiary/aromatic N) is 1. The molecular weight excluding hydrogens is 308 g/mol. The summed E-state index contributed by atoms with van der Waals surface area (Å²) in [6, 6.07) is 7.16. The molecule has 0 bridgehead atoms. The summed E-state index contributed by atoms with van der Waals surface area (Å²) in [7, 11) is 0. The molecule has 1 aromatic carbocycles. The van der Waals surface area contributed by atoms with Crippen LogP contribution in [0.4, 0.5) is 10.5 Å². The predicted molar refractivity (Wildman–Crippen MR) is 92.7 cm³/mol. The van der Waals surface area contributed by atoms with Crippen LogP contribution in [0.15, 0.2) is 30.3 Å². The highest BCUT2D eigenvalue weighted by molar-refractivity contribution is 5.90. The van der Waals surface area contributed by atoms with Gasteiger partial charge in [-0.05, 0) is 37.1 Å². The third kappa shape index (κ3) is 5.38. The molecular formula is C18H24N2O4. The zero-order chi connectivity index (χ0) is 17.4. The van der Waals surface area contributed by atoms with Crippen LogP contribution < -0.4 is 5.32 Å². The van der Waals surface area contributed by atoms with Gasteiger partial charge in [-0.25, -0.2) is 9.59 Å². The summed E-state index contributed by atoms with van der Waals surface area (Å²) < 4.78 is 10.4. The highest BCUT2D eigenvalue weighted by atomic mass is 16.5. The minimum absolute atomic E-state index is 0.111. The number of rotatable bonds is 5. The van der Waals surface area contributed by atoms with Gasteiger partial charge in [-0.2, -0.15) is 0 Å². The van der Waals surface area contributed by atoms with Crippen LogP contribution in [-0.2, 0) is 14.3 Å². The molecule has 0 aliphatic carbocycles. The Morgan fingerprint density at radius 2 is 2.08 bits per heavy atom. The molecule has 2 amide bonds. The summed E-state index contributed by atoms with van der Waals surface area (Å²) in [4.78, 5) is 25.3.